The van der Waals surface area contributed by atoms with E-state index in [4.69, 9.17) is 0 Å². The van der Waals surface area contributed by atoms with E-state index in [2.05, 4.69) is 53.8 Å². The lowest BCUT2D eigenvalue weighted by Crippen LogP contribution is -2.46. The van der Waals surface area contributed by atoms with Crippen LogP contribution in [0, 0.1) is 0 Å². The van der Waals surface area contributed by atoms with Gasteiger partial charge in [-0.2, -0.15) is 0 Å². The Kier molecular flexibility index (Phi) is 5.47. The quantitative estimate of drug-likeness (QED) is 0.439. The Balaban J connectivity index is 1.67. The van der Waals surface area contributed by atoms with Crippen molar-refractivity contribution >= 4 is 5.78 Å². The molecule has 4 atom stereocenters. The summed E-state index contributed by atoms with van der Waals surface area (Å²) in [6.45, 7) is 0. The molecule has 0 amide bonds. The fourth-order valence-electron chi connectivity index (χ4n) is 4.84. The predicted molar refractivity (Wildman–Crippen MR) is 125 cm³/mol. The summed E-state index contributed by atoms with van der Waals surface area (Å²) >= 11 is 0. The van der Waals surface area contributed by atoms with Crippen molar-refractivity contribution in [1.29, 1.82) is 0 Å². The molecule has 1 aliphatic rings. The SMILES string of the molecule is O=C1[C@@H](c2ccccc2)[C@@H](c2ccccc2)N[C@@H](c2ccccc2)[C@@H]1c1ccccc1. The molecular weight excluding hydrogens is 378 g/mol. The average molecular weight is 404 g/mol. The van der Waals surface area contributed by atoms with Crippen LogP contribution in [-0.4, -0.2) is 5.78 Å². The monoisotopic (exact) mass is 403 g/mol. The van der Waals surface area contributed by atoms with E-state index in [0.717, 1.165) is 22.3 Å². The number of benzene rings is 4. The minimum absolute atomic E-state index is 0.0960. The summed E-state index contributed by atoms with van der Waals surface area (Å²) in [7, 11) is 0. The summed E-state index contributed by atoms with van der Waals surface area (Å²) in [6.07, 6.45) is 0. The standard InChI is InChI=1S/C29H25NO/c31-29-25(21-13-5-1-6-14-21)27(23-17-9-3-10-18-23)30-28(24-19-11-4-12-20-24)26(29)22-15-7-2-8-16-22/h1-20,25-28,30H/t25-,26-,27-,28+/m0/s1. The van der Waals surface area contributed by atoms with E-state index in [1.807, 2.05) is 72.8 Å². The lowest BCUT2D eigenvalue weighted by molar-refractivity contribution is -0.125. The first kappa shape index (κ1) is 19.5. The topological polar surface area (TPSA) is 29.1 Å². The average Bonchev–Trinajstić information content (AvgIpc) is 2.85. The van der Waals surface area contributed by atoms with E-state index < -0.39 is 0 Å². The Morgan fingerprint density at radius 1 is 0.419 bits per heavy atom. The third kappa shape index (κ3) is 3.83. The van der Waals surface area contributed by atoms with Gasteiger partial charge in [0.25, 0.3) is 0 Å². The molecule has 0 saturated carbocycles. The normalized spacial score (nSPS) is 23.4. The van der Waals surface area contributed by atoms with Crippen molar-refractivity contribution in [1.82, 2.24) is 5.32 Å². The first-order valence-electron chi connectivity index (χ1n) is 10.8. The molecule has 4 aromatic rings. The van der Waals surface area contributed by atoms with Crippen LogP contribution >= 0.6 is 0 Å². The molecule has 2 nitrogen and oxygen atoms in total. The van der Waals surface area contributed by atoms with E-state index in [1.54, 1.807) is 0 Å². The molecule has 2 heteroatoms. The van der Waals surface area contributed by atoms with E-state index in [0.29, 0.717) is 0 Å². The second-order valence-corrected chi connectivity index (χ2v) is 8.12. The predicted octanol–water partition coefficient (Wildman–Crippen LogP) is 6.21. The molecule has 1 saturated heterocycles. The number of nitrogens with one attached hydrogen (secondary N) is 1. The fourth-order valence-corrected chi connectivity index (χ4v) is 4.84. The van der Waals surface area contributed by atoms with Gasteiger partial charge in [0, 0.05) is 12.1 Å². The van der Waals surface area contributed by atoms with Gasteiger partial charge in [0.15, 0.2) is 5.78 Å². The molecule has 1 N–H and O–H groups in total. The maximum Gasteiger partial charge on any atom is 0.151 e. The highest BCUT2D eigenvalue weighted by atomic mass is 16.1. The van der Waals surface area contributed by atoms with Crippen LogP contribution in [0.1, 0.15) is 46.2 Å². The summed E-state index contributed by atoms with van der Waals surface area (Å²) in [5, 5.41) is 3.89. The highest BCUT2D eigenvalue weighted by molar-refractivity contribution is 5.94. The van der Waals surface area contributed by atoms with Gasteiger partial charge in [0.1, 0.15) is 0 Å². The lowest BCUT2D eigenvalue weighted by Gasteiger charge is -2.42. The van der Waals surface area contributed by atoms with Gasteiger partial charge in [-0.15, -0.1) is 0 Å². The lowest BCUT2D eigenvalue weighted by atomic mass is 9.70. The summed E-state index contributed by atoms with van der Waals surface area (Å²) in [5.41, 5.74) is 4.39. The maximum absolute atomic E-state index is 14.3. The van der Waals surface area contributed by atoms with Crippen LogP contribution in [0.4, 0.5) is 0 Å². The number of Topliss-reactive ketones (excluding diaryl/α,β-unsaturated/α-hetero) is 1. The van der Waals surface area contributed by atoms with Gasteiger partial charge in [-0.25, -0.2) is 0 Å². The molecule has 0 spiro atoms. The van der Waals surface area contributed by atoms with Gasteiger partial charge in [0.2, 0.25) is 0 Å². The molecule has 0 radical (unpaired) electrons. The first-order chi connectivity index (χ1) is 15.3. The van der Waals surface area contributed by atoms with Crippen LogP contribution in [0.2, 0.25) is 0 Å². The van der Waals surface area contributed by atoms with E-state index in [1.165, 1.54) is 0 Å². The smallest absolute Gasteiger partial charge is 0.151 e. The van der Waals surface area contributed by atoms with Gasteiger partial charge in [-0.05, 0) is 22.3 Å². The Morgan fingerprint density at radius 2 is 0.710 bits per heavy atom. The summed E-state index contributed by atoms with van der Waals surface area (Å²) in [4.78, 5) is 14.3. The third-order valence-electron chi connectivity index (χ3n) is 6.27. The van der Waals surface area contributed by atoms with Gasteiger partial charge < -0.3 is 5.32 Å². The molecule has 1 aliphatic heterocycles. The summed E-state index contributed by atoms with van der Waals surface area (Å²) in [6, 6.07) is 40.9. The molecule has 152 valence electrons. The van der Waals surface area contributed by atoms with E-state index in [9.17, 15) is 4.79 Å². The molecule has 1 heterocycles. The fraction of sp³-hybridized carbons (Fsp3) is 0.138. The summed E-state index contributed by atoms with van der Waals surface area (Å²) < 4.78 is 0. The molecule has 5 rings (SSSR count). The number of rotatable bonds is 4. The second kappa shape index (κ2) is 8.71. The Labute approximate surface area is 183 Å². The largest absolute Gasteiger partial charge is 0.301 e. The van der Waals surface area contributed by atoms with Crippen LogP contribution in [0.25, 0.3) is 0 Å². The number of carbonyl (C=O) groups excluding carboxylic acids is 1. The first-order valence-corrected chi connectivity index (χ1v) is 10.8. The minimum Gasteiger partial charge on any atom is -0.301 e. The molecule has 0 aromatic heterocycles. The Morgan fingerprint density at radius 3 is 1.03 bits per heavy atom. The van der Waals surface area contributed by atoms with Crippen molar-refractivity contribution in [2.45, 2.75) is 23.9 Å². The highest BCUT2D eigenvalue weighted by Gasteiger charge is 2.45. The molecule has 1 fully saturated rings. The van der Waals surface area contributed by atoms with Gasteiger partial charge in [0.05, 0.1) is 11.8 Å². The van der Waals surface area contributed by atoms with Gasteiger partial charge in [-0.1, -0.05) is 121 Å². The van der Waals surface area contributed by atoms with Gasteiger partial charge >= 0.3 is 0 Å². The zero-order valence-electron chi connectivity index (χ0n) is 17.3. The van der Waals surface area contributed by atoms with Crippen molar-refractivity contribution in [2.75, 3.05) is 0 Å². The van der Waals surface area contributed by atoms with Gasteiger partial charge in [-0.3, -0.25) is 4.79 Å². The number of hydrogen-bond donors (Lipinski definition) is 1. The third-order valence-corrected chi connectivity index (χ3v) is 6.27. The number of hydrogen-bond acceptors (Lipinski definition) is 2. The molecule has 0 aliphatic carbocycles. The minimum atomic E-state index is -0.256. The Bertz CT molecular complexity index is 1040. The van der Waals surface area contributed by atoms with Crippen LogP contribution in [0.3, 0.4) is 0 Å². The maximum atomic E-state index is 14.3. The zero-order valence-corrected chi connectivity index (χ0v) is 17.3. The van der Waals surface area contributed by atoms with Crippen molar-refractivity contribution < 1.29 is 4.79 Å². The highest BCUT2D eigenvalue weighted by Crippen LogP contribution is 2.47. The van der Waals surface area contributed by atoms with Crippen LogP contribution in [0.5, 0.6) is 0 Å². The molecule has 0 bridgehead atoms. The number of ketones is 1. The van der Waals surface area contributed by atoms with Crippen molar-refractivity contribution in [3.63, 3.8) is 0 Å². The van der Waals surface area contributed by atoms with Crippen molar-refractivity contribution in [3.8, 4) is 0 Å². The van der Waals surface area contributed by atoms with Crippen molar-refractivity contribution in [2.24, 2.45) is 0 Å². The molecule has 4 aromatic carbocycles. The molecular formula is C29H25NO. The van der Waals surface area contributed by atoms with E-state index in [-0.39, 0.29) is 29.7 Å². The number of carbonyl (C=O) groups is 1. The molecule has 31 heavy (non-hydrogen) atoms. The van der Waals surface area contributed by atoms with Crippen molar-refractivity contribution in [3.05, 3.63) is 144 Å². The summed E-state index contributed by atoms with van der Waals surface area (Å²) in [5.74, 6) is -0.249. The molecule has 0 unspecified atom stereocenters. The zero-order chi connectivity index (χ0) is 21.0. The Hall–Kier alpha value is -3.49. The van der Waals surface area contributed by atoms with Crippen LogP contribution < -0.4 is 5.32 Å². The van der Waals surface area contributed by atoms with E-state index >= 15 is 0 Å². The number of piperidine rings is 1. The second-order valence-electron chi connectivity index (χ2n) is 8.12. The van der Waals surface area contributed by atoms with Crippen LogP contribution in [-0.2, 0) is 4.79 Å². The van der Waals surface area contributed by atoms with Crippen LogP contribution in [0.15, 0.2) is 121 Å².